The lowest BCUT2D eigenvalue weighted by atomic mass is 10.2. The Hall–Kier alpha value is -1.44. The van der Waals surface area contributed by atoms with Gasteiger partial charge in [-0.1, -0.05) is 22.0 Å². The van der Waals surface area contributed by atoms with Crippen molar-refractivity contribution in [3.05, 3.63) is 57.8 Å². The normalized spacial score (nSPS) is 11.6. The first-order valence-corrected chi connectivity index (χ1v) is 8.37. The predicted molar refractivity (Wildman–Crippen MR) is 83.7 cm³/mol. The lowest BCUT2D eigenvalue weighted by molar-refractivity contribution is 0.580. The van der Waals surface area contributed by atoms with Crippen LogP contribution in [0.15, 0.2) is 45.8 Å². The average molecular weight is 373 g/mol. The van der Waals surface area contributed by atoms with Crippen LogP contribution in [0.4, 0.5) is 10.1 Å². The zero-order valence-corrected chi connectivity index (χ0v) is 13.6. The molecule has 0 aliphatic carbocycles. The van der Waals surface area contributed by atoms with Crippen LogP contribution in [-0.2, 0) is 16.6 Å². The van der Waals surface area contributed by atoms with Crippen molar-refractivity contribution >= 4 is 31.6 Å². The van der Waals surface area contributed by atoms with Crippen LogP contribution in [0.1, 0.15) is 11.1 Å². The molecular weight excluding hydrogens is 359 g/mol. The molecule has 7 heteroatoms. The summed E-state index contributed by atoms with van der Waals surface area (Å²) in [5.74, 6) is -0.424. The van der Waals surface area contributed by atoms with E-state index in [4.69, 9.17) is 5.73 Å². The maximum atomic E-state index is 13.2. The molecule has 0 aliphatic rings. The molecule has 112 valence electrons. The van der Waals surface area contributed by atoms with Crippen LogP contribution in [0, 0.1) is 12.7 Å². The first-order chi connectivity index (χ1) is 9.79. The van der Waals surface area contributed by atoms with Crippen LogP contribution < -0.4 is 10.5 Å². The maximum Gasteiger partial charge on any atom is 0.240 e. The number of nitrogens with one attached hydrogen (secondary N) is 1. The summed E-state index contributed by atoms with van der Waals surface area (Å²) in [6.07, 6.45) is 0. The van der Waals surface area contributed by atoms with E-state index in [1.165, 1.54) is 30.3 Å². The zero-order valence-electron chi connectivity index (χ0n) is 11.2. The summed E-state index contributed by atoms with van der Waals surface area (Å²) >= 11 is 3.25. The van der Waals surface area contributed by atoms with Gasteiger partial charge in [0.2, 0.25) is 10.0 Å². The number of hydrogen-bond acceptors (Lipinski definition) is 3. The molecule has 0 aromatic heterocycles. The second-order valence-electron chi connectivity index (χ2n) is 4.58. The van der Waals surface area contributed by atoms with Gasteiger partial charge in [-0.2, -0.15) is 0 Å². The monoisotopic (exact) mass is 372 g/mol. The van der Waals surface area contributed by atoms with Gasteiger partial charge < -0.3 is 5.73 Å². The van der Waals surface area contributed by atoms with Gasteiger partial charge in [0.15, 0.2) is 0 Å². The smallest absolute Gasteiger partial charge is 0.240 e. The molecule has 0 spiro atoms. The lowest BCUT2D eigenvalue weighted by Gasteiger charge is -2.10. The molecule has 0 heterocycles. The molecule has 2 aromatic carbocycles. The molecule has 0 atom stereocenters. The molecule has 0 unspecified atom stereocenters. The quantitative estimate of drug-likeness (QED) is 0.810. The summed E-state index contributed by atoms with van der Waals surface area (Å²) in [5, 5.41) is 0. The number of anilines is 1. The average Bonchev–Trinajstić information content (AvgIpc) is 2.43. The first kappa shape index (κ1) is 15.9. The minimum absolute atomic E-state index is 0.0194. The Kier molecular flexibility index (Phi) is 4.65. The Labute approximate surface area is 131 Å². The number of hydrogen-bond donors (Lipinski definition) is 2. The van der Waals surface area contributed by atoms with E-state index in [1.54, 1.807) is 13.0 Å². The van der Waals surface area contributed by atoms with Crippen LogP contribution in [0.5, 0.6) is 0 Å². The minimum Gasteiger partial charge on any atom is -0.398 e. The van der Waals surface area contributed by atoms with E-state index in [9.17, 15) is 12.8 Å². The number of nitrogens with two attached hydrogens (primary N) is 1. The van der Waals surface area contributed by atoms with Gasteiger partial charge in [0, 0.05) is 16.7 Å². The van der Waals surface area contributed by atoms with Gasteiger partial charge in [0.1, 0.15) is 5.82 Å². The van der Waals surface area contributed by atoms with Gasteiger partial charge in [-0.15, -0.1) is 0 Å². The van der Waals surface area contributed by atoms with E-state index in [-0.39, 0.29) is 11.4 Å². The summed E-state index contributed by atoms with van der Waals surface area (Å²) in [6.45, 7) is 1.78. The topological polar surface area (TPSA) is 72.2 Å². The highest BCUT2D eigenvalue weighted by Gasteiger charge is 2.15. The third-order valence-electron chi connectivity index (χ3n) is 3.02. The van der Waals surface area contributed by atoms with Crippen LogP contribution >= 0.6 is 15.9 Å². The highest BCUT2D eigenvalue weighted by atomic mass is 79.9. The Morgan fingerprint density at radius 1 is 1.24 bits per heavy atom. The molecule has 4 nitrogen and oxygen atoms in total. The molecule has 0 bridgehead atoms. The van der Waals surface area contributed by atoms with E-state index >= 15 is 0 Å². The summed E-state index contributed by atoms with van der Waals surface area (Å²) in [7, 11) is -3.70. The van der Waals surface area contributed by atoms with Crippen LogP contribution in [0.3, 0.4) is 0 Å². The molecule has 0 saturated carbocycles. The molecule has 0 fully saturated rings. The number of benzene rings is 2. The van der Waals surface area contributed by atoms with Gasteiger partial charge in [-0.3, -0.25) is 0 Å². The molecular formula is C14H14BrFN2O2S. The lowest BCUT2D eigenvalue weighted by Crippen LogP contribution is -2.23. The van der Waals surface area contributed by atoms with Crippen molar-refractivity contribution in [1.82, 2.24) is 4.72 Å². The predicted octanol–water partition coefficient (Wildman–Crippen LogP) is 2.96. The number of halogens is 2. The summed E-state index contributed by atoms with van der Waals surface area (Å²) in [5.41, 5.74) is 7.45. The molecule has 0 saturated heterocycles. The molecule has 21 heavy (non-hydrogen) atoms. The Morgan fingerprint density at radius 3 is 2.62 bits per heavy atom. The van der Waals surface area contributed by atoms with Gasteiger partial charge in [0.05, 0.1) is 4.90 Å². The van der Waals surface area contributed by atoms with E-state index in [0.29, 0.717) is 15.7 Å². The SMILES string of the molecule is Cc1ccc(S(=O)(=O)NCc2cc(F)ccc2Br)cc1N. The first-order valence-electron chi connectivity index (χ1n) is 6.09. The van der Waals surface area contributed by atoms with Gasteiger partial charge in [-0.25, -0.2) is 17.5 Å². The van der Waals surface area contributed by atoms with Gasteiger partial charge in [0.25, 0.3) is 0 Å². The van der Waals surface area contributed by atoms with E-state index in [1.807, 2.05) is 0 Å². The number of aryl methyl sites for hydroxylation is 1. The molecule has 2 rings (SSSR count). The van der Waals surface area contributed by atoms with Crippen molar-refractivity contribution in [1.29, 1.82) is 0 Å². The fraction of sp³-hybridized carbons (Fsp3) is 0.143. The Bertz CT molecular complexity index is 779. The third kappa shape index (κ3) is 3.81. The van der Waals surface area contributed by atoms with Crippen LogP contribution in [0.2, 0.25) is 0 Å². The molecule has 2 aromatic rings. The van der Waals surface area contributed by atoms with E-state index < -0.39 is 15.8 Å². The summed E-state index contributed by atoms with van der Waals surface area (Å²) < 4.78 is 40.6. The summed E-state index contributed by atoms with van der Waals surface area (Å²) in [4.78, 5) is 0.0816. The standard InChI is InChI=1S/C14H14BrFN2O2S/c1-9-2-4-12(7-14(9)17)21(19,20)18-8-10-6-11(16)3-5-13(10)15/h2-7,18H,8,17H2,1H3. The fourth-order valence-corrected chi connectivity index (χ4v) is 3.15. The van der Waals surface area contributed by atoms with Crippen molar-refractivity contribution in [3.8, 4) is 0 Å². The number of sulfonamides is 1. The largest absolute Gasteiger partial charge is 0.398 e. The van der Waals surface area contributed by atoms with Crippen molar-refractivity contribution < 1.29 is 12.8 Å². The van der Waals surface area contributed by atoms with Crippen molar-refractivity contribution in [2.24, 2.45) is 0 Å². The maximum absolute atomic E-state index is 13.2. The van der Waals surface area contributed by atoms with Gasteiger partial charge in [-0.05, 0) is 48.4 Å². The van der Waals surface area contributed by atoms with E-state index in [0.717, 1.165) is 5.56 Å². The van der Waals surface area contributed by atoms with Crippen molar-refractivity contribution in [2.75, 3.05) is 5.73 Å². The molecule has 0 aliphatic heterocycles. The summed E-state index contributed by atoms with van der Waals surface area (Å²) in [6, 6.07) is 8.62. The van der Waals surface area contributed by atoms with E-state index in [2.05, 4.69) is 20.7 Å². The highest BCUT2D eigenvalue weighted by molar-refractivity contribution is 9.10. The highest BCUT2D eigenvalue weighted by Crippen LogP contribution is 2.20. The van der Waals surface area contributed by atoms with Gasteiger partial charge >= 0.3 is 0 Å². The molecule has 3 N–H and O–H groups in total. The third-order valence-corrected chi connectivity index (χ3v) is 5.19. The zero-order chi connectivity index (χ0) is 15.6. The second-order valence-corrected chi connectivity index (χ2v) is 7.20. The fourth-order valence-electron chi connectivity index (χ4n) is 1.72. The van der Waals surface area contributed by atoms with Crippen molar-refractivity contribution in [2.45, 2.75) is 18.4 Å². The molecule has 0 radical (unpaired) electrons. The Morgan fingerprint density at radius 2 is 1.95 bits per heavy atom. The molecule has 0 amide bonds. The van der Waals surface area contributed by atoms with Crippen molar-refractivity contribution in [3.63, 3.8) is 0 Å². The number of rotatable bonds is 4. The Balaban J connectivity index is 2.21. The number of nitrogen functional groups attached to an aromatic ring is 1. The second kappa shape index (κ2) is 6.13. The minimum atomic E-state index is -3.70. The van der Waals surface area contributed by atoms with Crippen LogP contribution in [0.25, 0.3) is 0 Å². The van der Waals surface area contributed by atoms with Crippen LogP contribution in [-0.4, -0.2) is 8.42 Å².